The third-order valence-corrected chi connectivity index (χ3v) is 4.05. The highest BCUT2D eigenvalue weighted by molar-refractivity contribution is 9.10. The second kappa shape index (κ2) is 4.35. The van der Waals surface area contributed by atoms with E-state index in [1.807, 2.05) is 18.2 Å². The Bertz CT molecular complexity index is 389. The van der Waals surface area contributed by atoms with E-state index in [-0.39, 0.29) is 11.5 Å². The summed E-state index contributed by atoms with van der Waals surface area (Å²) in [5.74, 6) is 0.822. The van der Waals surface area contributed by atoms with Crippen molar-refractivity contribution in [2.45, 2.75) is 24.4 Å². The minimum Gasteiger partial charge on any atom is -0.497 e. The van der Waals surface area contributed by atoms with E-state index in [0.29, 0.717) is 6.54 Å². The van der Waals surface area contributed by atoms with E-state index in [1.54, 1.807) is 7.11 Å². The Kier molecular flexibility index (Phi) is 3.24. The van der Waals surface area contributed by atoms with E-state index in [9.17, 15) is 5.11 Å². The quantitative estimate of drug-likeness (QED) is 0.891. The van der Waals surface area contributed by atoms with Gasteiger partial charge in [-0.3, -0.25) is 0 Å². The first-order valence-corrected chi connectivity index (χ1v) is 6.13. The molecule has 0 unspecified atom stereocenters. The number of halogens is 1. The number of rotatable bonds is 3. The van der Waals surface area contributed by atoms with Crippen molar-refractivity contribution in [1.29, 1.82) is 0 Å². The van der Waals surface area contributed by atoms with Crippen LogP contribution in [-0.4, -0.2) is 24.9 Å². The van der Waals surface area contributed by atoms with Crippen molar-refractivity contribution in [3.63, 3.8) is 0 Å². The molecule has 3 nitrogen and oxygen atoms in total. The summed E-state index contributed by atoms with van der Waals surface area (Å²) < 4.78 is 6.16. The summed E-state index contributed by atoms with van der Waals surface area (Å²) in [5.41, 5.74) is 6.94. The maximum atomic E-state index is 9.47. The summed E-state index contributed by atoms with van der Waals surface area (Å²) >= 11 is 3.54. The van der Waals surface area contributed by atoms with Crippen LogP contribution in [0, 0.1) is 0 Å². The second-order valence-corrected chi connectivity index (χ2v) is 5.25. The minimum atomic E-state index is -0.211. The standard InChI is InChI=1S/C12H16BrNO2/c1-16-9-2-3-10(11(13)4-9)12(7-14)5-8(15)6-12/h2-4,8,15H,5-7,14H2,1H3. The van der Waals surface area contributed by atoms with Gasteiger partial charge in [0.2, 0.25) is 0 Å². The van der Waals surface area contributed by atoms with Gasteiger partial charge in [-0.25, -0.2) is 0 Å². The van der Waals surface area contributed by atoms with Crippen molar-refractivity contribution in [3.05, 3.63) is 28.2 Å². The molecular formula is C12H16BrNO2. The molecular weight excluding hydrogens is 270 g/mol. The van der Waals surface area contributed by atoms with Crippen LogP contribution in [0.3, 0.4) is 0 Å². The lowest BCUT2D eigenvalue weighted by Crippen LogP contribution is -2.50. The fraction of sp³-hybridized carbons (Fsp3) is 0.500. The average Bonchev–Trinajstić information content (AvgIpc) is 2.24. The highest BCUT2D eigenvalue weighted by Gasteiger charge is 2.44. The maximum absolute atomic E-state index is 9.47. The van der Waals surface area contributed by atoms with Gasteiger partial charge in [0, 0.05) is 16.4 Å². The van der Waals surface area contributed by atoms with Crippen molar-refractivity contribution in [2.24, 2.45) is 5.73 Å². The van der Waals surface area contributed by atoms with Gasteiger partial charge in [0.1, 0.15) is 5.75 Å². The van der Waals surface area contributed by atoms with Crippen molar-refractivity contribution in [1.82, 2.24) is 0 Å². The second-order valence-electron chi connectivity index (χ2n) is 4.39. The molecule has 2 rings (SSSR count). The Hall–Kier alpha value is -0.580. The van der Waals surface area contributed by atoms with Gasteiger partial charge in [-0.2, -0.15) is 0 Å². The predicted octanol–water partition coefficient (Wildman–Crippen LogP) is 1.81. The monoisotopic (exact) mass is 285 g/mol. The van der Waals surface area contributed by atoms with E-state index in [0.717, 1.165) is 23.1 Å². The van der Waals surface area contributed by atoms with Crippen LogP contribution in [0.5, 0.6) is 5.75 Å². The zero-order chi connectivity index (χ0) is 11.8. The molecule has 0 saturated heterocycles. The summed E-state index contributed by atoms with van der Waals surface area (Å²) in [6.07, 6.45) is 1.28. The molecule has 0 aliphatic heterocycles. The molecule has 0 bridgehead atoms. The van der Waals surface area contributed by atoms with Crippen LogP contribution in [0.2, 0.25) is 0 Å². The molecule has 3 N–H and O–H groups in total. The Morgan fingerprint density at radius 2 is 2.25 bits per heavy atom. The third-order valence-electron chi connectivity index (χ3n) is 3.39. The van der Waals surface area contributed by atoms with Crippen LogP contribution >= 0.6 is 15.9 Å². The molecule has 1 aromatic carbocycles. The van der Waals surface area contributed by atoms with Crippen molar-refractivity contribution in [3.8, 4) is 5.75 Å². The summed E-state index contributed by atoms with van der Waals surface area (Å²) in [5, 5.41) is 9.47. The number of methoxy groups -OCH3 is 1. The highest BCUT2D eigenvalue weighted by atomic mass is 79.9. The third kappa shape index (κ3) is 1.85. The van der Waals surface area contributed by atoms with Gasteiger partial charge in [-0.05, 0) is 30.5 Å². The first kappa shape index (κ1) is 11.9. The average molecular weight is 286 g/mol. The molecule has 1 saturated carbocycles. The molecule has 0 radical (unpaired) electrons. The van der Waals surface area contributed by atoms with Crippen LogP contribution in [0.25, 0.3) is 0 Å². The number of hydrogen-bond acceptors (Lipinski definition) is 3. The smallest absolute Gasteiger partial charge is 0.120 e. The Morgan fingerprint density at radius 1 is 1.56 bits per heavy atom. The van der Waals surface area contributed by atoms with E-state index >= 15 is 0 Å². The molecule has 0 heterocycles. The van der Waals surface area contributed by atoms with Gasteiger partial charge in [0.15, 0.2) is 0 Å². The molecule has 0 aromatic heterocycles. The number of aliphatic hydroxyl groups excluding tert-OH is 1. The number of benzene rings is 1. The van der Waals surface area contributed by atoms with Crippen molar-refractivity contribution < 1.29 is 9.84 Å². The lowest BCUT2D eigenvalue weighted by Gasteiger charge is -2.45. The summed E-state index contributed by atoms with van der Waals surface area (Å²) in [6.45, 7) is 0.564. The van der Waals surface area contributed by atoms with Gasteiger partial charge in [0.25, 0.3) is 0 Å². The fourth-order valence-corrected chi connectivity index (χ4v) is 3.17. The normalized spacial score (nSPS) is 28.6. The molecule has 1 fully saturated rings. The van der Waals surface area contributed by atoms with E-state index < -0.39 is 0 Å². The van der Waals surface area contributed by atoms with Crippen molar-refractivity contribution in [2.75, 3.05) is 13.7 Å². The van der Waals surface area contributed by atoms with Gasteiger partial charge in [0.05, 0.1) is 13.2 Å². The fourth-order valence-electron chi connectivity index (χ4n) is 2.39. The van der Waals surface area contributed by atoms with Gasteiger partial charge in [-0.15, -0.1) is 0 Å². The maximum Gasteiger partial charge on any atom is 0.120 e. The minimum absolute atomic E-state index is 0.0650. The lowest BCUT2D eigenvalue weighted by molar-refractivity contribution is 0.0218. The van der Waals surface area contributed by atoms with E-state index in [1.165, 1.54) is 5.56 Å². The number of hydrogen-bond donors (Lipinski definition) is 2. The zero-order valence-electron chi connectivity index (χ0n) is 9.24. The van der Waals surface area contributed by atoms with Crippen LogP contribution in [-0.2, 0) is 5.41 Å². The summed E-state index contributed by atoms with van der Waals surface area (Å²) in [7, 11) is 1.65. The molecule has 88 valence electrons. The first-order valence-electron chi connectivity index (χ1n) is 5.33. The number of nitrogens with two attached hydrogens (primary N) is 1. The van der Waals surface area contributed by atoms with Crippen LogP contribution < -0.4 is 10.5 Å². The molecule has 0 amide bonds. The molecule has 1 aliphatic rings. The molecule has 0 atom stereocenters. The Balaban J connectivity index is 2.33. The van der Waals surface area contributed by atoms with Crippen molar-refractivity contribution >= 4 is 15.9 Å². The van der Waals surface area contributed by atoms with E-state index in [4.69, 9.17) is 10.5 Å². The molecule has 1 aromatic rings. The molecule has 0 spiro atoms. The largest absolute Gasteiger partial charge is 0.497 e. The molecule has 1 aliphatic carbocycles. The first-order chi connectivity index (χ1) is 7.61. The van der Waals surface area contributed by atoms with Crippen LogP contribution in [0.15, 0.2) is 22.7 Å². The number of aliphatic hydroxyl groups is 1. The predicted molar refractivity (Wildman–Crippen MR) is 66.7 cm³/mol. The molecule has 4 heteroatoms. The topological polar surface area (TPSA) is 55.5 Å². The van der Waals surface area contributed by atoms with Gasteiger partial charge in [-0.1, -0.05) is 22.0 Å². The van der Waals surface area contributed by atoms with E-state index in [2.05, 4.69) is 15.9 Å². The van der Waals surface area contributed by atoms with Crippen LogP contribution in [0.4, 0.5) is 0 Å². The summed E-state index contributed by atoms with van der Waals surface area (Å²) in [4.78, 5) is 0. The zero-order valence-corrected chi connectivity index (χ0v) is 10.8. The Labute approximate surface area is 104 Å². The number of ether oxygens (including phenoxy) is 1. The highest BCUT2D eigenvalue weighted by Crippen LogP contribution is 2.46. The van der Waals surface area contributed by atoms with Crippen LogP contribution in [0.1, 0.15) is 18.4 Å². The SMILES string of the molecule is COc1ccc(C2(CN)CC(O)C2)c(Br)c1. The summed E-state index contributed by atoms with van der Waals surface area (Å²) in [6, 6.07) is 5.90. The van der Waals surface area contributed by atoms with Gasteiger partial charge >= 0.3 is 0 Å². The molecule has 16 heavy (non-hydrogen) atoms. The Morgan fingerprint density at radius 3 is 2.69 bits per heavy atom. The van der Waals surface area contributed by atoms with Gasteiger partial charge < -0.3 is 15.6 Å². The lowest BCUT2D eigenvalue weighted by atomic mass is 9.63.